The smallest absolute Gasteiger partial charge is 0.129 e. The summed E-state index contributed by atoms with van der Waals surface area (Å²) in [5.41, 5.74) is 0.726. The number of aliphatic hydroxyl groups is 1. The molecule has 1 heterocycles. The molecule has 3 nitrogen and oxygen atoms in total. The molecule has 0 fully saturated rings. The van der Waals surface area contributed by atoms with E-state index in [4.69, 9.17) is 11.6 Å². The summed E-state index contributed by atoms with van der Waals surface area (Å²) < 4.78 is 0. The van der Waals surface area contributed by atoms with Gasteiger partial charge >= 0.3 is 0 Å². The van der Waals surface area contributed by atoms with Crippen LogP contribution < -0.4 is 5.32 Å². The summed E-state index contributed by atoms with van der Waals surface area (Å²) in [6.45, 7) is 7.75. The maximum Gasteiger partial charge on any atom is 0.129 e. The molecule has 0 aliphatic carbocycles. The lowest BCUT2D eigenvalue weighted by Crippen LogP contribution is -2.49. The topological polar surface area (TPSA) is 45.1 Å². The fourth-order valence-corrected chi connectivity index (χ4v) is 1.63. The monoisotopic (exact) mass is 242 g/mol. The largest absolute Gasteiger partial charge is 0.392 e. The van der Waals surface area contributed by atoms with Crippen LogP contribution in [0.3, 0.4) is 0 Å². The summed E-state index contributed by atoms with van der Waals surface area (Å²) in [7, 11) is 0. The third kappa shape index (κ3) is 3.44. The molecule has 1 rings (SSSR count). The van der Waals surface area contributed by atoms with E-state index >= 15 is 0 Å². The van der Waals surface area contributed by atoms with Gasteiger partial charge in [-0.25, -0.2) is 4.98 Å². The quantitative estimate of drug-likeness (QED) is 0.798. The number of aromatic nitrogens is 1. The van der Waals surface area contributed by atoms with Gasteiger partial charge in [0.05, 0.1) is 6.10 Å². The van der Waals surface area contributed by atoms with Crippen LogP contribution in [0.1, 0.15) is 39.3 Å². The highest BCUT2D eigenvalue weighted by Gasteiger charge is 2.25. The van der Waals surface area contributed by atoms with E-state index in [1.165, 1.54) is 0 Å². The van der Waals surface area contributed by atoms with E-state index in [0.29, 0.717) is 5.15 Å². The number of nitrogens with zero attached hydrogens (tertiary/aromatic N) is 1. The molecule has 0 bridgehead atoms. The second kappa shape index (κ2) is 5.13. The fraction of sp³-hybridized carbons (Fsp3) is 0.583. The minimum atomic E-state index is -0.424. The molecular weight excluding hydrogens is 224 g/mol. The summed E-state index contributed by atoms with van der Waals surface area (Å²) in [5.74, 6) is 0. The Morgan fingerprint density at radius 1 is 1.44 bits per heavy atom. The minimum absolute atomic E-state index is 0.116. The molecule has 0 saturated heterocycles. The molecular formula is C12H19ClN2O. The van der Waals surface area contributed by atoms with E-state index in [2.05, 4.69) is 10.3 Å². The zero-order valence-electron chi connectivity index (χ0n) is 10.2. The van der Waals surface area contributed by atoms with Gasteiger partial charge in [-0.1, -0.05) is 11.6 Å². The van der Waals surface area contributed by atoms with E-state index in [1.807, 2.05) is 32.9 Å². The Labute approximate surface area is 102 Å². The molecule has 0 aromatic carbocycles. The normalized spacial score (nSPS) is 15.9. The van der Waals surface area contributed by atoms with Crippen LogP contribution in [0.4, 0.5) is 0 Å². The summed E-state index contributed by atoms with van der Waals surface area (Å²) >= 11 is 5.83. The summed E-state index contributed by atoms with van der Waals surface area (Å²) in [4.78, 5) is 3.94. The zero-order chi connectivity index (χ0) is 12.3. The van der Waals surface area contributed by atoms with Crippen LogP contribution in [0.15, 0.2) is 18.3 Å². The summed E-state index contributed by atoms with van der Waals surface area (Å²) in [6.07, 6.45) is 1.26. The van der Waals surface area contributed by atoms with Crippen LogP contribution in [0, 0.1) is 0 Å². The number of hydrogen-bond donors (Lipinski definition) is 2. The van der Waals surface area contributed by atoms with Gasteiger partial charge in [-0.3, -0.25) is 0 Å². The average Bonchev–Trinajstić information content (AvgIpc) is 2.16. The predicted molar refractivity (Wildman–Crippen MR) is 66.6 cm³/mol. The molecule has 2 atom stereocenters. The van der Waals surface area contributed by atoms with Crippen LogP contribution >= 0.6 is 11.6 Å². The molecule has 90 valence electrons. The van der Waals surface area contributed by atoms with Gasteiger partial charge in [0.1, 0.15) is 5.15 Å². The maximum absolute atomic E-state index is 9.63. The highest BCUT2D eigenvalue weighted by atomic mass is 35.5. The van der Waals surface area contributed by atoms with Crippen LogP contribution in [0.5, 0.6) is 0 Å². The van der Waals surface area contributed by atoms with Crippen LogP contribution in [0.25, 0.3) is 0 Å². The maximum atomic E-state index is 9.63. The van der Waals surface area contributed by atoms with Crippen molar-refractivity contribution in [1.29, 1.82) is 0 Å². The van der Waals surface area contributed by atoms with Crippen LogP contribution in [-0.4, -0.2) is 21.7 Å². The fourth-order valence-electron chi connectivity index (χ4n) is 1.45. The number of halogens is 1. The molecule has 0 radical (unpaired) electrons. The number of hydrogen-bond acceptors (Lipinski definition) is 3. The summed E-state index contributed by atoms with van der Waals surface area (Å²) in [5, 5.41) is 13.5. The second-order valence-corrected chi connectivity index (χ2v) is 5.06. The van der Waals surface area contributed by atoms with Gasteiger partial charge in [-0.2, -0.15) is 0 Å². The Balaban J connectivity index is 2.76. The average molecular weight is 243 g/mol. The van der Waals surface area contributed by atoms with E-state index < -0.39 is 6.10 Å². The van der Waals surface area contributed by atoms with Crippen molar-refractivity contribution in [2.75, 3.05) is 0 Å². The van der Waals surface area contributed by atoms with Crippen molar-refractivity contribution in [2.45, 2.75) is 45.4 Å². The van der Waals surface area contributed by atoms with Crippen molar-refractivity contribution >= 4 is 11.6 Å². The van der Waals surface area contributed by atoms with Crippen molar-refractivity contribution in [3.8, 4) is 0 Å². The van der Waals surface area contributed by atoms with Crippen molar-refractivity contribution in [3.63, 3.8) is 0 Å². The Hall–Kier alpha value is -0.640. The van der Waals surface area contributed by atoms with Gasteiger partial charge < -0.3 is 10.4 Å². The minimum Gasteiger partial charge on any atom is -0.392 e. The first-order valence-electron chi connectivity index (χ1n) is 5.40. The third-order valence-corrected chi connectivity index (χ3v) is 3.09. The molecule has 0 saturated carbocycles. The Bertz CT molecular complexity index is 353. The first kappa shape index (κ1) is 13.4. The number of rotatable bonds is 4. The lowest BCUT2D eigenvalue weighted by molar-refractivity contribution is 0.0895. The first-order chi connectivity index (χ1) is 7.33. The van der Waals surface area contributed by atoms with E-state index in [-0.39, 0.29) is 11.6 Å². The first-order valence-corrected chi connectivity index (χ1v) is 5.78. The van der Waals surface area contributed by atoms with Gasteiger partial charge in [0.15, 0.2) is 0 Å². The van der Waals surface area contributed by atoms with Gasteiger partial charge in [0, 0.05) is 17.8 Å². The lowest BCUT2D eigenvalue weighted by Gasteiger charge is -2.33. The van der Waals surface area contributed by atoms with Gasteiger partial charge in [-0.05, 0) is 45.4 Å². The van der Waals surface area contributed by atoms with E-state index in [1.54, 1.807) is 13.1 Å². The van der Waals surface area contributed by atoms with E-state index in [9.17, 15) is 5.11 Å². The lowest BCUT2D eigenvalue weighted by atomic mass is 9.96. The third-order valence-electron chi connectivity index (χ3n) is 2.88. The molecule has 2 N–H and O–H groups in total. The molecule has 2 unspecified atom stereocenters. The van der Waals surface area contributed by atoms with Crippen molar-refractivity contribution < 1.29 is 5.11 Å². The van der Waals surface area contributed by atoms with Gasteiger partial charge in [0.2, 0.25) is 0 Å². The van der Waals surface area contributed by atoms with Crippen molar-refractivity contribution in [2.24, 2.45) is 0 Å². The number of aliphatic hydroxyl groups excluding tert-OH is 1. The van der Waals surface area contributed by atoms with E-state index in [0.717, 1.165) is 5.56 Å². The predicted octanol–water partition coefficient (Wildman–Crippen LogP) is 2.55. The zero-order valence-corrected chi connectivity index (χ0v) is 10.9. The number of nitrogens with one attached hydrogen (secondary N) is 1. The number of pyridine rings is 1. The Morgan fingerprint density at radius 3 is 2.56 bits per heavy atom. The Kier molecular flexibility index (Phi) is 4.30. The van der Waals surface area contributed by atoms with Gasteiger partial charge in [-0.15, -0.1) is 0 Å². The highest BCUT2D eigenvalue weighted by molar-refractivity contribution is 6.29. The highest BCUT2D eigenvalue weighted by Crippen LogP contribution is 2.20. The molecule has 0 aliphatic heterocycles. The molecule has 1 aromatic heterocycles. The van der Waals surface area contributed by atoms with Crippen molar-refractivity contribution in [1.82, 2.24) is 10.3 Å². The molecule has 16 heavy (non-hydrogen) atoms. The molecule has 4 heteroatoms. The standard InChI is InChI=1S/C12H19ClN2O/c1-8(15-12(3,4)9(2)16)10-5-6-14-11(13)7-10/h5-9,15-16H,1-4H3. The van der Waals surface area contributed by atoms with Crippen LogP contribution in [-0.2, 0) is 0 Å². The molecule has 0 amide bonds. The second-order valence-electron chi connectivity index (χ2n) is 4.68. The summed E-state index contributed by atoms with van der Waals surface area (Å²) in [6, 6.07) is 3.86. The molecule has 0 spiro atoms. The molecule has 0 aliphatic rings. The van der Waals surface area contributed by atoms with Crippen molar-refractivity contribution in [3.05, 3.63) is 29.0 Å². The SMILES string of the molecule is CC(NC(C)(C)C(C)O)c1ccnc(Cl)c1. The van der Waals surface area contributed by atoms with Crippen LogP contribution in [0.2, 0.25) is 5.15 Å². The Morgan fingerprint density at radius 2 is 2.06 bits per heavy atom. The van der Waals surface area contributed by atoms with Gasteiger partial charge in [0.25, 0.3) is 0 Å². The molecule has 1 aromatic rings.